The third kappa shape index (κ3) is 2.32. The molecule has 2 heteroatoms. The molecule has 0 spiro atoms. The maximum Gasteiger partial charge on any atom is 0.115 e. The minimum atomic E-state index is 0.417. The Morgan fingerprint density at radius 2 is 1.65 bits per heavy atom. The number of rotatable bonds is 1. The van der Waals surface area contributed by atoms with E-state index in [9.17, 15) is 5.11 Å². The van der Waals surface area contributed by atoms with E-state index in [0.29, 0.717) is 11.8 Å². The van der Waals surface area contributed by atoms with Crippen LogP contribution >= 0.6 is 0 Å². The van der Waals surface area contributed by atoms with Crippen molar-refractivity contribution < 1.29 is 5.11 Å². The van der Waals surface area contributed by atoms with Crippen molar-refractivity contribution in [2.24, 2.45) is 0 Å². The van der Waals surface area contributed by atoms with Gasteiger partial charge < -0.3 is 5.11 Å². The number of phenolic OH excluding ortho intramolecular Hbond substituents is 1. The molecule has 3 rings (SSSR count). The van der Waals surface area contributed by atoms with Crippen LogP contribution in [0.15, 0.2) is 18.2 Å². The lowest BCUT2D eigenvalue weighted by atomic mass is 10.1. The van der Waals surface area contributed by atoms with E-state index < -0.39 is 0 Å². The monoisotopic (exact) mass is 231 g/mol. The van der Waals surface area contributed by atoms with Gasteiger partial charge in [-0.05, 0) is 62.0 Å². The standard InChI is InChI=1S/C15H21NO/c17-15-6-5-12-9-14(10-13(12)11-15)16-7-3-1-2-4-8-16/h5-6,11,14,17H,1-4,7-10H2/t14-/m1/s1. The van der Waals surface area contributed by atoms with E-state index in [1.54, 1.807) is 0 Å². The highest BCUT2D eigenvalue weighted by molar-refractivity contribution is 5.39. The smallest absolute Gasteiger partial charge is 0.115 e. The van der Waals surface area contributed by atoms with Crippen LogP contribution in [0.2, 0.25) is 0 Å². The fourth-order valence-corrected chi connectivity index (χ4v) is 3.30. The molecule has 17 heavy (non-hydrogen) atoms. The van der Waals surface area contributed by atoms with Crippen molar-refractivity contribution >= 4 is 0 Å². The van der Waals surface area contributed by atoms with E-state index in [2.05, 4.69) is 11.0 Å². The van der Waals surface area contributed by atoms with Crippen LogP contribution in [0.5, 0.6) is 5.75 Å². The highest BCUT2D eigenvalue weighted by atomic mass is 16.3. The first kappa shape index (κ1) is 11.1. The lowest BCUT2D eigenvalue weighted by Crippen LogP contribution is -2.36. The molecule has 1 N–H and O–H groups in total. The van der Waals surface area contributed by atoms with Crippen molar-refractivity contribution in [3.8, 4) is 5.75 Å². The van der Waals surface area contributed by atoms with Gasteiger partial charge in [0.2, 0.25) is 0 Å². The summed E-state index contributed by atoms with van der Waals surface area (Å²) in [6.45, 7) is 2.54. The molecule has 1 aromatic rings. The molecule has 1 fully saturated rings. The van der Waals surface area contributed by atoms with Crippen LogP contribution in [0.25, 0.3) is 0 Å². The van der Waals surface area contributed by atoms with Gasteiger partial charge in [-0.25, -0.2) is 0 Å². The second-order valence-corrected chi connectivity index (χ2v) is 5.47. The molecule has 0 radical (unpaired) electrons. The topological polar surface area (TPSA) is 23.5 Å². The zero-order valence-corrected chi connectivity index (χ0v) is 10.4. The molecule has 0 aromatic heterocycles. The van der Waals surface area contributed by atoms with Gasteiger partial charge in [0.25, 0.3) is 0 Å². The van der Waals surface area contributed by atoms with Gasteiger partial charge in [-0.2, -0.15) is 0 Å². The largest absolute Gasteiger partial charge is 0.508 e. The number of benzene rings is 1. The summed E-state index contributed by atoms with van der Waals surface area (Å²) in [4.78, 5) is 2.67. The summed E-state index contributed by atoms with van der Waals surface area (Å²) < 4.78 is 0. The molecule has 0 amide bonds. The fraction of sp³-hybridized carbons (Fsp3) is 0.600. The maximum atomic E-state index is 9.52. The van der Waals surface area contributed by atoms with Gasteiger partial charge >= 0.3 is 0 Å². The predicted molar refractivity (Wildman–Crippen MR) is 69.3 cm³/mol. The molecule has 1 aromatic carbocycles. The zero-order chi connectivity index (χ0) is 11.7. The molecule has 1 heterocycles. The van der Waals surface area contributed by atoms with Crippen molar-refractivity contribution in [3.63, 3.8) is 0 Å². The van der Waals surface area contributed by atoms with E-state index >= 15 is 0 Å². The van der Waals surface area contributed by atoms with Crippen LogP contribution < -0.4 is 0 Å². The summed E-state index contributed by atoms with van der Waals surface area (Å²) in [6.07, 6.45) is 7.82. The maximum absolute atomic E-state index is 9.52. The molecule has 1 saturated heterocycles. The van der Waals surface area contributed by atoms with Gasteiger partial charge in [-0.15, -0.1) is 0 Å². The minimum absolute atomic E-state index is 0.417. The fourth-order valence-electron chi connectivity index (χ4n) is 3.30. The molecule has 92 valence electrons. The molecular formula is C15H21NO. The van der Waals surface area contributed by atoms with Crippen LogP contribution in [0.4, 0.5) is 0 Å². The molecule has 1 atom stereocenters. The van der Waals surface area contributed by atoms with Crippen molar-refractivity contribution in [1.29, 1.82) is 0 Å². The number of likely N-dealkylation sites (tertiary alicyclic amines) is 1. The SMILES string of the molecule is Oc1ccc2c(c1)C[C@H](N1CCCCCC1)C2. The Morgan fingerprint density at radius 3 is 2.41 bits per heavy atom. The number of hydrogen-bond acceptors (Lipinski definition) is 2. The Labute approximate surface area is 103 Å². The lowest BCUT2D eigenvalue weighted by Gasteiger charge is -2.26. The van der Waals surface area contributed by atoms with Crippen molar-refractivity contribution in [2.75, 3.05) is 13.1 Å². The molecule has 0 saturated carbocycles. The van der Waals surface area contributed by atoms with E-state index in [4.69, 9.17) is 0 Å². The first-order valence-corrected chi connectivity index (χ1v) is 6.88. The molecule has 1 aliphatic carbocycles. The van der Waals surface area contributed by atoms with Gasteiger partial charge in [0.15, 0.2) is 0 Å². The Hall–Kier alpha value is -1.02. The quantitative estimate of drug-likeness (QED) is 0.803. The molecule has 0 bridgehead atoms. The molecule has 1 aliphatic heterocycles. The first-order valence-electron chi connectivity index (χ1n) is 6.88. The number of fused-ring (bicyclic) bond motifs is 1. The predicted octanol–water partition coefficient (Wildman–Crippen LogP) is 2.74. The number of nitrogens with zero attached hydrogens (tertiary/aromatic N) is 1. The zero-order valence-electron chi connectivity index (χ0n) is 10.4. The molecular weight excluding hydrogens is 210 g/mol. The van der Waals surface area contributed by atoms with E-state index in [0.717, 1.165) is 6.42 Å². The molecule has 0 unspecified atom stereocenters. The Kier molecular flexibility index (Phi) is 3.06. The minimum Gasteiger partial charge on any atom is -0.508 e. The van der Waals surface area contributed by atoms with E-state index in [-0.39, 0.29) is 0 Å². The molecule has 2 nitrogen and oxygen atoms in total. The van der Waals surface area contributed by atoms with Gasteiger partial charge in [-0.3, -0.25) is 4.90 Å². The Bertz CT molecular complexity index is 394. The summed E-state index contributed by atoms with van der Waals surface area (Å²) in [6, 6.07) is 6.56. The van der Waals surface area contributed by atoms with Crippen LogP contribution in [-0.2, 0) is 12.8 Å². The highest BCUT2D eigenvalue weighted by Crippen LogP contribution is 2.29. The summed E-state index contributed by atoms with van der Waals surface area (Å²) in [5, 5.41) is 9.52. The number of phenols is 1. The highest BCUT2D eigenvalue weighted by Gasteiger charge is 2.27. The van der Waals surface area contributed by atoms with Crippen molar-refractivity contribution in [2.45, 2.75) is 44.6 Å². The summed E-state index contributed by atoms with van der Waals surface area (Å²) >= 11 is 0. The molecule has 2 aliphatic rings. The van der Waals surface area contributed by atoms with E-state index in [1.165, 1.54) is 56.3 Å². The normalized spacial score (nSPS) is 25.5. The second kappa shape index (κ2) is 4.69. The summed E-state index contributed by atoms with van der Waals surface area (Å²) in [7, 11) is 0. The third-order valence-electron chi connectivity index (χ3n) is 4.26. The second-order valence-electron chi connectivity index (χ2n) is 5.47. The average molecular weight is 231 g/mol. The lowest BCUT2D eigenvalue weighted by molar-refractivity contribution is 0.209. The van der Waals surface area contributed by atoms with Crippen LogP contribution in [-0.4, -0.2) is 29.1 Å². The third-order valence-corrected chi connectivity index (χ3v) is 4.26. The first-order chi connectivity index (χ1) is 8.33. The Balaban J connectivity index is 1.72. The summed E-state index contributed by atoms with van der Waals surface area (Å²) in [5.41, 5.74) is 2.80. The summed E-state index contributed by atoms with van der Waals surface area (Å²) in [5.74, 6) is 0.417. The number of aromatic hydroxyl groups is 1. The van der Waals surface area contributed by atoms with Crippen molar-refractivity contribution in [1.82, 2.24) is 4.90 Å². The van der Waals surface area contributed by atoms with E-state index in [1.807, 2.05) is 12.1 Å². The van der Waals surface area contributed by atoms with Crippen molar-refractivity contribution in [3.05, 3.63) is 29.3 Å². The van der Waals surface area contributed by atoms with Gasteiger partial charge in [-0.1, -0.05) is 18.9 Å². The van der Waals surface area contributed by atoms with Crippen LogP contribution in [0, 0.1) is 0 Å². The van der Waals surface area contributed by atoms with Gasteiger partial charge in [0, 0.05) is 6.04 Å². The van der Waals surface area contributed by atoms with Gasteiger partial charge in [0.05, 0.1) is 0 Å². The van der Waals surface area contributed by atoms with Gasteiger partial charge in [0.1, 0.15) is 5.75 Å². The Morgan fingerprint density at radius 1 is 0.941 bits per heavy atom. The van der Waals surface area contributed by atoms with Crippen LogP contribution in [0.3, 0.4) is 0 Å². The van der Waals surface area contributed by atoms with Crippen LogP contribution in [0.1, 0.15) is 36.8 Å². The average Bonchev–Trinajstić information content (AvgIpc) is 2.57. The number of hydrogen-bond donors (Lipinski definition) is 1.